The van der Waals surface area contributed by atoms with Crippen molar-refractivity contribution in [3.63, 3.8) is 0 Å². The minimum atomic E-state index is -1.04. The van der Waals surface area contributed by atoms with Gasteiger partial charge in [0.1, 0.15) is 5.75 Å². The maximum absolute atomic E-state index is 13.1. The van der Waals surface area contributed by atoms with Crippen molar-refractivity contribution >= 4 is 5.78 Å². The monoisotopic (exact) mass is 290 g/mol. The zero-order chi connectivity index (χ0) is 15.6. The van der Waals surface area contributed by atoms with Gasteiger partial charge in [0, 0.05) is 5.56 Å². The minimum absolute atomic E-state index is 0.0935. The Morgan fingerprint density at radius 2 is 1.76 bits per heavy atom. The number of carbonyl (C=O) groups is 1. The van der Waals surface area contributed by atoms with E-state index in [0.29, 0.717) is 5.75 Å². The summed E-state index contributed by atoms with van der Waals surface area (Å²) in [5, 5.41) is 0. The average Bonchev–Trinajstić information content (AvgIpc) is 2.43. The number of ketones is 1. The van der Waals surface area contributed by atoms with Crippen LogP contribution in [0.15, 0.2) is 30.3 Å². The molecular formula is C17H16F2O2. The van der Waals surface area contributed by atoms with Crippen molar-refractivity contribution in [2.45, 2.75) is 20.8 Å². The van der Waals surface area contributed by atoms with Crippen molar-refractivity contribution in [2.24, 2.45) is 0 Å². The van der Waals surface area contributed by atoms with Crippen LogP contribution in [0.2, 0.25) is 0 Å². The number of rotatable bonds is 4. The average molecular weight is 290 g/mol. The zero-order valence-corrected chi connectivity index (χ0v) is 12.2. The van der Waals surface area contributed by atoms with Crippen molar-refractivity contribution in [2.75, 3.05) is 6.61 Å². The number of aryl methyl sites for hydroxylation is 2. The summed E-state index contributed by atoms with van der Waals surface area (Å²) in [5.74, 6) is -1.78. The van der Waals surface area contributed by atoms with Gasteiger partial charge in [-0.15, -0.1) is 0 Å². The largest absolute Gasteiger partial charge is 0.485 e. The fraction of sp³-hybridized carbons (Fsp3) is 0.235. The Balaban J connectivity index is 2.12. The first-order valence-electron chi connectivity index (χ1n) is 6.57. The topological polar surface area (TPSA) is 26.3 Å². The lowest BCUT2D eigenvalue weighted by Gasteiger charge is -2.12. The molecule has 0 radical (unpaired) electrons. The highest BCUT2D eigenvalue weighted by atomic mass is 19.2. The Morgan fingerprint density at radius 1 is 1.05 bits per heavy atom. The highest BCUT2D eigenvalue weighted by Gasteiger charge is 2.12. The van der Waals surface area contributed by atoms with E-state index >= 15 is 0 Å². The highest BCUT2D eigenvalue weighted by molar-refractivity contribution is 5.97. The van der Waals surface area contributed by atoms with Gasteiger partial charge < -0.3 is 4.74 Å². The van der Waals surface area contributed by atoms with Crippen LogP contribution in [0.25, 0.3) is 0 Å². The molecule has 0 aliphatic rings. The fourth-order valence-electron chi connectivity index (χ4n) is 2.05. The number of carbonyl (C=O) groups excluding carboxylic acids is 1. The Kier molecular flexibility index (Phi) is 4.36. The van der Waals surface area contributed by atoms with Crippen molar-refractivity contribution in [1.82, 2.24) is 0 Å². The number of halogens is 2. The first-order valence-corrected chi connectivity index (χ1v) is 6.57. The van der Waals surface area contributed by atoms with Crippen LogP contribution >= 0.6 is 0 Å². The summed E-state index contributed by atoms with van der Waals surface area (Å²) >= 11 is 0. The molecule has 0 amide bonds. The third kappa shape index (κ3) is 3.45. The molecular weight excluding hydrogens is 274 g/mol. The maximum atomic E-state index is 13.1. The van der Waals surface area contributed by atoms with Crippen molar-refractivity contribution in [1.29, 1.82) is 0 Å². The first-order chi connectivity index (χ1) is 9.88. The molecule has 0 aromatic heterocycles. The van der Waals surface area contributed by atoms with Crippen molar-refractivity contribution < 1.29 is 18.3 Å². The molecule has 2 aromatic rings. The van der Waals surface area contributed by atoms with E-state index in [1.165, 1.54) is 6.07 Å². The lowest BCUT2D eigenvalue weighted by atomic mass is 10.1. The van der Waals surface area contributed by atoms with Gasteiger partial charge in [-0.1, -0.05) is 6.07 Å². The van der Waals surface area contributed by atoms with Crippen LogP contribution in [0, 0.1) is 32.4 Å². The number of hydrogen-bond donors (Lipinski definition) is 0. The molecule has 0 fully saturated rings. The van der Waals surface area contributed by atoms with Gasteiger partial charge in [0.15, 0.2) is 24.0 Å². The summed E-state index contributed by atoms with van der Waals surface area (Å²) in [6.45, 7) is 5.60. The van der Waals surface area contributed by atoms with Crippen LogP contribution in [0.5, 0.6) is 5.75 Å². The van der Waals surface area contributed by atoms with E-state index in [-0.39, 0.29) is 12.2 Å². The number of ether oxygens (including phenoxy) is 1. The summed E-state index contributed by atoms with van der Waals surface area (Å²) in [7, 11) is 0. The second kappa shape index (κ2) is 6.04. The van der Waals surface area contributed by atoms with E-state index in [2.05, 4.69) is 0 Å². The quantitative estimate of drug-likeness (QED) is 0.791. The van der Waals surface area contributed by atoms with E-state index in [1.54, 1.807) is 0 Å². The molecule has 4 heteroatoms. The third-order valence-electron chi connectivity index (χ3n) is 3.36. The molecule has 0 heterocycles. The Morgan fingerprint density at radius 3 is 2.43 bits per heavy atom. The maximum Gasteiger partial charge on any atom is 0.200 e. The second-order valence-corrected chi connectivity index (χ2v) is 5.05. The summed E-state index contributed by atoms with van der Waals surface area (Å²) in [6, 6.07) is 6.94. The van der Waals surface area contributed by atoms with Crippen LogP contribution in [0.1, 0.15) is 27.0 Å². The van der Waals surface area contributed by atoms with Gasteiger partial charge in [0.25, 0.3) is 0 Å². The molecule has 0 N–H and O–H groups in total. The summed E-state index contributed by atoms with van der Waals surface area (Å²) in [6.07, 6.45) is 0. The molecule has 2 rings (SSSR count). The van der Waals surface area contributed by atoms with Crippen LogP contribution in [0.4, 0.5) is 8.78 Å². The predicted molar refractivity (Wildman–Crippen MR) is 76.8 cm³/mol. The number of benzene rings is 2. The molecule has 0 aliphatic carbocycles. The van der Waals surface area contributed by atoms with Gasteiger partial charge in [-0.05, 0) is 61.7 Å². The van der Waals surface area contributed by atoms with Gasteiger partial charge in [0.05, 0.1) is 0 Å². The minimum Gasteiger partial charge on any atom is -0.485 e. The number of Topliss-reactive ketones (excluding diaryl/α,β-unsaturated/α-hetero) is 1. The predicted octanol–water partition coefficient (Wildman–Crippen LogP) is 4.15. The first kappa shape index (κ1) is 15.2. The lowest BCUT2D eigenvalue weighted by Crippen LogP contribution is -2.13. The molecule has 21 heavy (non-hydrogen) atoms. The molecule has 0 spiro atoms. The van der Waals surface area contributed by atoms with Crippen molar-refractivity contribution in [3.05, 3.63) is 64.2 Å². The van der Waals surface area contributed by atoms with Crippen LogP contribution in [-0.2, 0) is 0 Å². The van der Waals surface area contributed by atoms with E-state index < -0.39 is 17.4 Å². The molecule has 0 unspecified atom stereocenters. The van der Waals surface area contributed by atoms with Gasteiger partial charge in [0.2, 0.25) is 0 Å². The number of hydrogen-bond acceptors (Lipinski definition) is 2. The zero-order valence-electron chi connectivity index (χ0n) is 12.2. The van der Waals surface area contributed by atoms with Crippen LogP contribution in [-0.4, -0.2) is 12.4 Å². The molecule has 0 aliphatic heterocycles. The van der Waals surface area contributed by atoms with Gasteiger partial charge in [-0.25, -0.2) is 8.78 Å². The standard InChI is InChI=1S/C17H16F2O2/c1-10-6-11(2)12(3)17(7-10)21-9-16(20)13-4-5-14(18)15(19)8-13/h4-8H,9H2,1-3H3. The Bertz CT molecular complexity index is 693. The van der Waals surface area contributed by atoms with Crippen LogP contribution < -0.4 is 4.74 Å². The third-order valence-corrected chi connectivity index (χ3v) is 3.36. The van der Waals surface area contributed by atoms with E-state index in [9.17, 15) is 13.6 Å². The van der Waals surface area contributed by atoms with Gasteiger partial charge in [-0.3, -0.25) is 4.79 Å². The van der Waals surface area contributed by atoms with Gasteiger partial charge in [-0.2, -0.15) is 0 Å². The summed E-state index contributed by atoms with van der Waals surface area (Å²) < 4.78 is 31.5. The second-order valence-electron chi connectivity index (χ2n) is 5.05. The molecule has 0 bridgehead atoms. The smallest absolute Gasteiger partial charge is 0.200 e. The Labute approximate surface area is 122 Å². The molecule has 110 valence electrons. The van der Waals surface area contributed by atoms with Gasteiger partial charge >= 0.3 is 0 Å². The van der Waals surface area contributed by atoms with Crippen LogP contribution in [0.3, 0.4) is 0 Å². The lowest BCUT2D eigenvalue weighted by molar-refractivity contribution is 0.0920. The van der Waals surface area contributed by atoms with Crippen molar-refractivity contribution in [3.8, 4) is 5.75 Å². The molecule has 0 saturated heterocycles. The SMILES string of the molecule is Cc1cc(C)c(C)c(OCC(=O)c2ccc(F)c(F)c2)c1. The molecule has 2 nitrogen and oxygen atoms in total. The summed E-state index contributed by atoms with van der Waals surface area (Å²) in [5.41, 5.74) is 3.16. The molecule has 0 saturated carbocycles. The molecule has 2 aromatic carbocycles. The van der Waals surface area contributed by atoms with E-state index in [0.717, 1.165) is 28.8 Å². The van der Waals surface area contributed by atoms with E-state index in [4.69, 9.17) is 4.74 Å². The molecule has 0 atom stereocenters. The summed E-state index contributed by atoms with van der Waals surface area (Å²) in [4.78, 5) is 11.9. The highest BCUT2D eigenvalue weighted by Crippen LogP contribution is 2.23. The normalized spacial score (nSPS) is 10.5. The van der Waals surface area contributed by atoms with E-state index in [1.807, 2.05) is 32.9 Å². The Hall–Kier alpha value is -2.23. The fourth-order valence-corrected chi connectivity index (χ4v) is 2.05.